The van der Waals surface area contributed by atoms with Crippen LogP contribution in [0.3, 0.4) is 0 Å². The summed E-state index contributed by atoms with van der Waals surface area (Å²) >= 11 is 1.36. The van der Waals surface area contributed by atoms with E-state index in [4.69, 9.17) is 9.47 Å². The molecule has 0 unspecified atom stereocenters. The third kappa shape index (κ3) is 4.47. The molecule has 0 atom stereocenters. The zero-order valence-corrected chi connectivity index (χ0v) is 17.5. The topological polar surface area (TPSA) is 50.8 Å². The number of nitrogens with zero attached hydrogens (tertiary/aromatic N) is 1. The van der Waals surface area contributed by atoms with Gasteiger partial charge in [-0.3, -0.25) is 4.79 Å². The fourth-order valence-corrected chi connectivity index (χ4v) is 4.38. The van der Waals surface area contributed by atoms with E-state index >= 15 is 0 Å². The standard InChI is InChI=1S/C23H23FN2O3S/c1-2-29-20-15-21(16-6-4-3-5-7-16)30-22(20)23(27)25-17-8-9-19(18(24)14-17)26-10-12-28-13-11-26/h3-9,14-15H,2,10-13H2,1H3,(H,25,27). The SMILES string of the molecule is CCOc1cc(-c2ccccc2)sc1C(=O)Nc1ccc(N2CCOCC2)c(F)c1. The lowest BCUT2D eigenvalue weighted by Gasteiger charge is -2.29. The van der Waals surface area contributed by atoms with Gasteiger partial charge in [0, 0.05) is 23.7 Å². The van der Waals surface area contributed by atoms with Crippen molar-refractivity contribution in [3.63, 3.8) is 0 Å². The third-order valence-electron chi connectivity index (χ3n) is 4.82. The predicted octanol–water partition coefficient (Wildman–Crippen LogP) is 5.04. The number of rotatable bonds is 6. The minimum atomic E-state index is -0.365. The largest absolute Gasteiger partial charge is 0.492 e. The first-order valence-corrected chi connectivity index (χ1v) is 10.7. The number of thiophene rings is 1. The molecule has 1 amide bonds. The molecule has 0 spiro atoms. The molecule has 1 aliphatic rings. The summed E-state index contributed by atoms with van der Waals surface area (Å²) < 4.78 is 25.7. The number of amides is 1. The molecular formula is C23H23FN2O3S. The average molecular weight is 427 g/mol. The zero-order valence-electron chi connectivity index (χ0n) is 16.7. The average Bonchev–Trinajstić information content (AvgIpc) is 3.19. The molecule has 0 saturated carbocycles. The number of anilines is 2. The fourth-order valence-electron chi connectivity index (χ4n) is 3.37. The number of ether oxygens (including phenoxy) is 2. The van der Waals surface area contributed by atoms with Gasteiger partial charge in [0.15, 0.2) is 0 Å². The number of benzene rings is 2. The summed E-state index contributed by atoms with van der Waals surface area (Å²) in [4.78, 5) is 16.3. The van der Waals surface area contributed by atoms with Crippen molar-refractivity contribution in [1.82, 2.24) is 0 Å². The quantitative estimate of drug-likeness (QED) is 0.600. The number of carbonyl (C=O) groups is 1. The van der Waals surface area contributed by atoms with E-state index in [0.29, 0.717) is 54.9 Å². The van der Waals surface area contributed by atoms with Crippen LogP contribution in [0.2, 0.25) is 0 Å². The molecule has 4 rings (SSSR count). The van der Waals surface area contributed by atoms with Gasteiger partial charge in [-0.25, -0.2) is 4.39 Å². The third-order valence-corrected chi connectivity index (χ3v) is 5.98. The molecule has 1 N–H and O–H groups in total. The van der Waals surface area contributed by atoms with Crippen molar-refractivity contribution in [1.29, 1.82) is 0 Å². The van der Waals surface area contributed by atoms with Crippen molar-refractivity contribution in [3.05, 3.63) is 65.3 Å². The smallest absolute Gasteiger partial charge is 0.269 e. The highest BCUT2D eigenvalue weighted by Gasteiger charge is 2.20. The molecule has 2 heterocycles. The number of hydrogen-bond acceptors (Lipinski definition) is 5. The Morgan fingerprint density at radius 2 is 1.93 bits per heavy atom. The monoisotopic (exact) mass is 426 g/mol. The van der Waals surface area contributed by atoms with Gasteiger partial charge < -0.3 is 19.7 Å². The first kappa shape index (κ1) is 20.4. The molecule has 156 valence electrons. The maximum Gasteiger partial charge on any atom is 0.269 e. The molecule has 0 bridgehead atoms. The number of carbonyl (C=O) groups excluding carboxylic acids is 1. The predicted molar refractivity (Wildman–Crippen MR) is 118 cm³/mol. The number of halogens is 1. The molecular weight excluding hydrogens is 403 g/mol. The van der Waals surface area contributed by atoms with Gasteiger partial charge in [0.2, 0.25) is 0 Å². The first-order chi connectivity index (χ1) is 14.7. The van der Waals surface area contributed by atoms with Crippen molar-refractivity contribution in [3.8, 4) is 16.2 Å². The Labute approximate surface area is 179 Å². The van der Waals surface area contributed by atoms with Gasteiger partial charge in [-0.1, -0.05) is 30.3 Å². The first-order valence-electron chi connectivity index (χ1n) is 9.91. The minimum Gasteiger partial charge on any atom is -0.492 e. The van der Waals surface area contributed by atoms with Crippen LogP contribution < -0.4 is 15.0 Å². The molecule has 1 aromatic heterocycles. The molecule has 7 heteroatoms. The lowest BCUT2D eigenvalue weighted by molar-refractivity contribution is 0.102. The van der Waals surface area contributed by atoms with Crippen molar-refractivity contribution >= 4 is 28.6 Å². The van der Waals surface area contributed by atoms with Gasteiger partial charge >= 0.3 is 0 Å². The van der Waals surface area contributed by atoms with E-state index < -0.39 is 0 Å². The van der Waals surface area contributed by atoms with Crippen LogP contribution in [0, 0.1) is 5.82 Å². The second-order valence-corrected chi connectivity index (χ2v) is 7.87. The van der Waals surface area contributed by atoms with Crippen molar-refractivity contribution in [2.24, 2.45) is 0 Å². The van der Waals surface area contributed by atoms with Crippen LogP contribution in [0.25, 0.3) is 10.4 Å². The number of morpholine rings is 1. The Balaban J connectivity index is 1.54. The zero-order chi connectivity index (χ0) is 20.9. The maximum absolute atomic E-state index is 14.7. The summed E-state index contributed by atoms with van der Waals surface area (Å²) in [7, 11) is 0. The normalized spacial score (nSPS) is 13.9. The molecule has 30 heavy (non-hydrogen) atoms. The summed E-state index contributed by atoms with van der Waals surface area (Å²) in [6.07, 6.45) is 0. The Kier molecular flexibility index (Phi) is 6.30. The van der Waals surface area contributed by atoms with Crippen LogP contribution in [-0.2, 0) is 4.74 Å². The molecule has 0 radical (unpaired) electrons. The summed E-state index contributed by atoms with van der Waals surface area (Å²) in [5, 5.41) is 2.80. The highest BCUT2D eigenvalue weighted by Crippen LogP contribution is 2.37. The molecule has 5 nitrogen and oxygen atoms in total. The van der Waals surface area contributed by atoms with Gasteiger partial charge in [0.25, 0.3) is 5.91 Å². The second-order valence-electron chi connectivity index (χ2n) is 6.82. The summed E-state index contributed by atoms with van der Waals surface area (Å²) in [6.45, 7) is 4.80. The van der Waals surface area contributed by atoms with Crippen LogP contribution in [0.4, 0.5) is 15.8 Å². The maximum atomic E-state index is 14.7. The second kappa shape index (κ2) is 9.28. The Hall–Kier alpha value is -2.90. The Bertz CT molecular complexity index is 1020. The van der Waals surface area contributed by atoms with E-state index in [1.165, 1.54) is 17.4 Å². The molecule has 1 aliphatic heterocycles. The molecule has 1 fully saturated rings. The van der Waals surface area contributed by atoms with Crippen LogP contribution in [-0.4, -0.2) is 38.8 Å². The van der Waals surface area contributed by atoms with Crippen molar-refractivity contribution in [2.45, 2.75) is 6.92 Å². The molecule has 2 aromatic carbocycles. The Morgan fingerprint density at radius 1 is 1.17 bits per heavy atom. The molecule has 0 aliphatic carbocycles. The van der Waals surface area contributed by atoms with E-state index in [2.05, 4.69) is 5.32 Å². The van der Waals surface area contributed by atoms with Crippen LogP contribution in [0.15, 0.2) is 54.6 Å². The van der Waals surface area contributed by atoms with E-state index in [1.54, 1.807) is 12.1 Å². The van der Waals surface area contributed by atoms with Crippen LogP contribution in [0.5, 0.6) is 5.75 Å². The van der Waals surface area contributed by atoms with Gasteiger partial charge in [0.1, 0.15) is 16.4 Å². The van der Waals surface area contributed by atoms with Crippen LogP contribution >= 0.6 is 11.3 Å². The Morgan fingerprint density at radius 3 is 2.63 bits per heavy atom. The molecule has 1 saturated heterocycles. The van der Waals surface area contributed by atoms with Crippen LogP contribution in [0.1, 0.15) is 16.6 Å². The number of hydrogen-bond donors (Lipinski definition) is 1. The van der Waals surface area contributed by atoms with E-state index in [9.17, 15) is 9.18 Å². The lowest BCUT2D eigenvalue weighted by atomic mass is 10.2. The summed E-state index contributed by atoms with van der Waals surface area (Å²) in [6, 6.07) is 16.5. The number of nitrogens with one attached hydrogen (secondary N) is 1. The minimum absolute atomic E-state index is 0.316. The van der Waals surface area contributed by atoms with Gasteiger partial charge in [-0.15, -0.1) is 11.3 Å². The highest BCUT2D eigenvalue weighted by molar-refractivity contribution is 7.17. The van der Waals surface area contributed by atoms with Gasteiger partial charge in [0.05, 0.1) is 25.5 Å². The molecule has 3 aromatic rings. The van der Waals surface area contributed by atoms with E-state index in [0.717, 1.165) is 10.4 Å². The lowest BCUT2D eigenvalue weighted by Crippen LogP contribution is -2.36. The van der Waals surface area contributed by atoms with E-state index in [1.807, 2.05) is 48.2 Å². The summed E-state index contributed by atoms with van der Waals surface area (Å²) in [5.41, 5.74) is 1.95. The fraction of sp³-hybridized carbons (Fsp3) is 0.261. The van der Waals surface area contributed by atoms with Crippen molar-refractivity contribution < 1.29 is 18.7 Å². The highest BCUT2D eigenvalue weighted by atomic mass is 32.1. The van der Waals surface area contributed by atoms with E-state index in [-0.39, 0.29) is 11.7 Å². The van der Waals surface area contributed by atoms with Crippen molar-refractivity contribution in [2.75, 3.05) is 43.1 Å². The summed E-state index contributed by atoms with van der Waals surface area (Å²) in [5.74, 6) is -0.149. The van der Waals surface area contributed by atoms with Gasteiger partial charge in [-0.05, 0) is 36.8 Å². The van der Waals surface area contributed by atoms with Gasteiger partial charge in [-0.2, -0.15) is 0 Å².